The number of benzene rings is 1. The van der Waals surface area contributed by atoms with Crippen molar-refractivity contribution in [3.8, 4) is 0 Å². The molecular weight excluding hydrogens is 232 g/mol. The van der Waals surface area contributed by atoms with Crippen molar-refractivity contribution in [3.63, 3.8) is 0 Å². The second kappa shape index (κ2) is 6.06. The van der Waals surface area contributed by atoms with E-state index in [0.717, 1.165) is 6.42 Å². The van der Waals surface area contributed by atoms with Crippen LogP contribution in [0.3, 0.4) is 0 Å². The lowest BCUT2D eigenvalue weighted by molar-refractivity contribution is 0.143. The Labute approximate surface area is 118 Å². The highest BCUT2D eigenvalue weighted by atomic mass is 15.2. The minimum absolute atomic E-state index is 0.254. The SMILES string of the molecule is Cc1cccc(C)c1C1C(N)CCCCN1C(C)C. The van der Waals surface area contributed by atoms with Crippen LogP contribution in [0.1, 0.15) is 55.8 Å². The quantitative estimate of drug-likeness (QED) is 0.881. The van der Waals surface area contributed by atoms with Gasteiger partial charge in [-0.2, -0.15) is 0 Å². The lowest BCUT2D eigenvalue weighted by atomic mass is 9.89. The Kier molecular flexibility index (Phi) is 4.64. The van der Waals surface area contributed by atoms with E-state index in [4.69, 9.17) is 5.73 Å². The third-order valence-electron chi connectivity index (χ3n) is 4.47. The van der Waals surface area contributed by atoms with Crippen LogP contribution < -0.4 is 5.73 Å². The maximum atomic E-state index is 6.54. The van der Waals surface area contributed by atoms with Crippen LogP contribution in [0, 0.1) is 13.8 Å². The van der Waals surface area contributed by atoms with Crippen molar-refractivity contribution < 1.29 is 0 Å². The third-order valence-corrected chi connectivity index (χ3v) is 4.47. The molecule has 0 saturated carbocycles. The summed E-state index contributed by atoms with van der Waals surface area (Å²) in [6, 6.07) is 7.77. The highest BCUT2D eigenvalue weighted by Crippen LogP contribution is 2.34. The van der Waals surface area contributed by atoms with E-state index in [1.807, 2.05) is 0 Å². The molecule has 106 valence electrons. The van der Waals surface area contributed by atoms with Crippen LogP contribution in [0.2, 0.25) is 0 Å². The van der Waals surface area contributed by atoms with Crippen LogP contribution in [-0.4, -0.2) is 23.5 Å². The summed E-state index contributed by atoms with van der Waals surface area (Å²) in [5.41, 5.74) is 10.8. The van der Waals surface area contributed by atoms with Gasteiger partial charge < -0.3 is 5.73 Å². The molecule has 2 N–H and O–H groups in total. The molecule has 0 radical (unpaired) electrons. The Morgan fingerprint density at radius 2 is 1.79 bits per heavy atom. The number of hydrogen-bond acceptors (Lipinski definition) is 2. The molecule has 1 fully saturated rings. The molecule has 0 aliphatic carbocycles. The summed E-state index contributed by atoms with van der Waals surface area (Å²) in [5.74, 6) is 0. The number of nitrogens with two attached hydrogens (primary N) is 1. The Morgan fingerprint density at radius 3 is 2.37 bits per heavy atom. The van der Waals surface area contributed by atoms with Gasteiger partial charge in [-0.15, -0.1) is 0 Å². The fourth-order valence-corrected chi connectivity index (χ4v) is 3.47. The zero-order valence-electron chi connectivity index (χ0n) is 12.8. The molecule has 19 heavy (non-hydrogen) atoms. The van der Waals surface area contributed by atoms with E-state index in [0.29, 0.717) is 12.1 Å². The van der Waals surface area contributed by atoms with Gasteiger partial charge in [0.2, 0.25) is 0 Å². The molecule has 2 atom stereocenters. The smallest absolute Gasteiger partial charge is 0.0507 e. The van der Waals surface area contributed by atoms with Gasteiger partial charge in [-0.1, -0.05) is 24.6 Å². The molecule has 1 saturated heterocycles. The van der Waals surface area contributed by atoms with E-state index in [2.05, 4.69) is 50.8 Å². The molecule has 1 aliphatic rings. The van der Waals surface area contributed by atoms with Crippen LogP contribution in [-0.2, 0) is 0 Å². The summed E-state index contributed by atoms with van der Waals surface area (Å²) in [7, 11) is 0. The van der Waals surface area contributed by atoms with Crippen molar-refractivity contribution in [1.29, 1.82) is 0 Å². The molecule has 2 heteroatoms. The maximum absolute atomic E-state index is 6.54. The molecule has 0 bridgehead atoms. The van der Waals surface area contributed by atoms with Crippen molar-refractivity contribution >= 4 is 0 Å². The number of rotatable bonds is 2. The monoisotopic (exact) mass is 260 g/mol. The predicted octanol–water partition coefficient (Wildman–Crippen LogP) is 3.57. The molecule has 0 aromatic heterocycles. The minimum Gasteiger partial charge on any atom is -0.326 e. The average Bonchev–Trinajstić information content (AvgIpc) is 2.52. The van der Waals surface area contributed by atoms with E-state index < -0.39 is 0 Å². The predicted molar refractivity (Wildman–Crippen MR) is 82.3 cm³/mol. The number of nitrogens with zero attached hydrogens (tertiary/aromatic N) is 1. The fraction of sp³-hybridized carbons (Fsp3) is 0.647. The van der Waals surface area contributed by atoms with Gasteiger partial charge in [0.1, 0.15) is 0 Å². The Hall–Kier alpha value is -0.860. The molecule has 2 nitrogen and oxygen atoms in total. The van der Waals surface area contributed by atoms with Gasteiger partial charge in [0.25, 0.3) is 0 Å². The van der Waals surface area contributed by atoms with Crippen molar-refractivity contribution in [2.75, 3.05) is 6.54 Å². The zero-order chi connectivity index (χ0) is 14.0. The van der Waals surface area contributed by atoms with E-state index in [-0.39, 0.29) is 6.04 Å². The Balaban J connectivity index is 2.46. The summed E-state index contributed by atoms with van der Waals surface area (Å²) in [6.45, 7) is 10.2. The molecule has 1 aromatic carbocycles. The maximum Gasteiger partial charge on any atom is 0.0507 e. The summed E-state index contributed by atoms with van der Waals surface area (Å²) in [6.07, 6.45) is 3.67. The van der Waals surface area contributed by atoms with Crippen LogP contribution >= 0.6 is 0 Å². The van der Waals surface area contributed by atoms with E-state index >= 15 is 0 Å². The van der Waals surface area contributed by atoms with Crippen LogP contribution in [0.25, 0.3) is 0 Å². The topological polar surface area (TPSA) is 29.3 Å². The minimum atomic E-state index is 0.254. The summed E-state index contributed by atoms with van der Waals surface area (Å²) in [5, 5.41) is 0. The molecule has 2 rings (SSSR count). The average molecular weight is 260 g/mol. The lowest BCUT2D eigenvalue weighted by Gasteiger charge is -2.38. The standard InChI is InChI=1S/C17H28N2/c1-12(2)19-11-6-5-10-15(18)17(19)16-13(3)8-7-9-14(16)4/h7-9,12,15,17H,5-6,10-11,18H2,1-4H3. The van der Waals surface area contributed by atoms with E-state index in [1.54, 1.807) is 0 Å². The molecule has 0 amide bonds. The Morgan fingerprint density at radius 1 is 1.16 bits per heavy atom. The summed E-state index contributed by atoms with van der Waals surface area (Å²) < 4.78 is 0. The molecule has 1 heterocycles. The third kappa shape index (κ3) is 3.01. The largest absolute Gasteiger partial charge is 0.326 e. The van der Waals surface area contributed by atoms with Crippen LogP contribution in [0.4, 0.5) is 0 Å². The van der Waals surface area contributed by atoms with Gasteiger partial charge in [0.15, 0.2) is 0 Å². The van der Waals surface area contributed by atoms with Crippen molar-refractivity contribution in [2.45, 2.75) is 65.1 Å². The first-order valence-corrected chi connectivity index (χ1v) is 7.59. The molecule has 2 unspecified atom stereocenters. The summed E-state index contributed by atoms with van der Waals surface area (Å²) in [4.78, 5) is 2.60. The molecule has 0 spiro atoms. The van der Waals surface area contributed by atoms with Gasteiger partial charge >= 0.3 is 0 Å². The van der Waals surface area contributed by atoms with Crippen molar-refractivity contribution in [2.24, 2.45) is 5.73 Å². The first-order valence-electron chi connectivity index (χ1n) is 7.59. The van der Waals surface area contributed by atoms with Crippen molar-refractivity contribution in [3.05, 3.63) is 34.9 Å². The second-order valence-corrected chi connectivity index (χ2v) is 6.24. The van der Waals surface area contributed by atoms with Gasteiger partial charge in [-0.25, -0.2) is 0 Å². The van der Waals surface area contributed by atoms with Gasteiger partial charge in [0, 0.05) is 12.1 Å². The van der Waals surface area contributed by atoms with Gasteiger partial charge in [-0.05, 0) is 63.8 Å². The highest BCUT2D eigenvalue weighted by Gasteiger charge is 2.31. The zero-order valence-corrected chi connectivity index (χ0v) is 12.8. The molecule has 1 aromatic rings. The highest BCUT2D eigenvalue weighted by molar-refractivity contribution is 5.37. The van der Waals surface area contributed by atoms with Crippen LogP contribution in [0.5, 0.6) is 0 Å². The lowest BCUT2D eigenvalue weighted by Crippen LogP contribution is -2.43. The number of aryl methyl sites for hydroxylation is 2. The number of hydrogen-bond donors (Lipinski definition) is 1. The summed E-state index contributed by atoms with van der Waals surface area (Å²) >= 11 is 0. The number of likely N-dealkylation sites (tertiary alicyclic amines) is 1. The van der Waals surface area contributed by atoms with Crippen molar-refractivity contribution in [1.82, 2.24) is 4.90 Å². The second-order valence-electron chi connectivity index (χ2n) is 6.24. The van der Waals surface area contributed by atoms with Crippen LogP contribution in [0.15, 0.2) is 18.2 Å². The van der Waals surface area contributed by atoms with Gasteiger partial charge in [-0.3, -0.25) is 4.90 Å². The molecular formula is C17H28N2. The fourth-order valence-electron chi connectivity index (χ4n) is 3.47. The Bertz CT molecular complexity index is 405. The normalized spacial score (nSPS) is 25.6. The first-order chi connectivity index (χ1) is 9.02. The van der Waals surface area contributed by atoms with Gasteiger partial charge in [0.05, 0.1) is 6.04 Å². The van der Waals surface area contributed by atoms with E-state index in [1.165, 1.54) is 36.1 Å². The first kappa shape index (κ1) is 14.5. The van der Waals surface area contributed by atoms with E-state index in [9.17, 15) is 0 Å². The molecule has 1 aliphatic heterocycles.